The SMILES string of the molecule is CCC1CN(CC2CCCC2)C2(CCCCC2)CN1. The molecule has 0 aromatic rings. The molecule has 3 rings (SSSR count). The van der Waals surface area contributed by atoms with E-state index < -0.39 is 0 Å². The molecule has 0 bridgehead atoms. The van der Waals surface area contributed by atoms with Crippen molar-refractivity contribution >= 4 is 0 Å². The molecule has 1 atom stereocenters. The Labute approximate surface area is 119 Å². The number of hydrogen-bond acceptors (Lipinski definition) is 2. The van der Waals surface area contributed by atoms with Crippen LogP contribution in [0.1, 0.15) is 71.1 Å². The second-order valence-electron chi connectivity index (χ2n) is 7.33. The molecule has 110 valence electrons. The summed E-state index contributed by atoms with van der Waals surface area (Å²) in [4.78, 5) is 2.94. The summed E-state index contributed by atoms with van der Waals surface area (Å²) in [5, 5.41) is 3.84. The Kier molecular flexibility index (Phi) is 4.48. The molecule has 2 aliphatic carbocycles. The highest BCUT2D eigenvalue weighted by Gasteiger charge is 2.42. The first-order valence-corrected chi connectivity index (χ1v) is 8.81. The zero-order chi connectivity index (χ0) is 13.1. The summed E-state index contributed by atoms with van der Waals surface area (Å²) in [6.07, 6.45) is 14.5. The molecule has 1 spiro atoms. The van der Waals surface area contributed by atoms with Crippen molar-refractivity contribution in [2.75, 3.05) is 19.6 Å². The molecule has 19 heavy (non-hydrogen) atoms. The lowest BCUT2D eigenvalue weighted by Gasteiger charge is -2.53. The fourth-order valence-electron chi connectivity index (χ4n) is 4.72. The quantitative estimate of drug-likeness (QED) is 0.838. The Morgan fingerprint density at radius 3 is 2.47 bits per heavy atom. The van der Waals surface area contributed by atoms with Crippen molar-refractivity contribution in [2.24, 2.45) is 5.92 Å². The van der Waals surface area contributed by atoms with Crippen LogP contribution in [0.15, 0.2) is 0 Å². The second-order valence-corrected chi connectivity index (χ2v) is 7.33. The minimum Gasteiger partial charge on any atom is -0.311 e. The van der Waals surface area contributed by atoms with Crippen LogP contribution in [0.4, 0.5) is 0 Å². The van der Waals surface area contributed by atoms with E-state index in [9.17, 15) is 0 Å². The summed E-state index contributed by atoms with van der Waals surface area (Å²) in [6.45, 7) is 6.31. The summed E-state index contributed by atoms with van der Waals surface area (Å²) >= 11 is 0. The number of rotatable bonds is 3. The average molecular weight is 264 g/mol. The van der Waals surface area contributed by atoms with Gasteiger partial charge in [0.15, 0.2) is 0 Å². The van der Waals surface area contributed by atoms with Gasteiger partial charge in [-0.3, -0.25) is 4.90 Å². The highest BCUT2D eigenvalue weighted by atomic mass is 15.3. The number of nitrogens with zero attached hydrogens (tertiary/aromatic N) is 1. The Balaban J connectivity index is 1.68. The standard InChI is InChI=1S/C17H32N2/c1-2-16-13-19(12-15-8-4-5-9-15)17(14-18-16)10-6-3-7-11-17/h15-16,18H,2-14H2,1H3. The van der Waals surface area contributed by atoms with Gasteiger partial charge in [-0.2, -0.15) is 0 Å². The van der Waals surface area contributed by atoms with E-state index in [2.05, 4.69) is 17.1 Å². The molecule has 1 aliphatic heterocycles. The van der Waals surface area contributed by atoms with Gasteiger partial charge in [0.1, 0.15) is 0 Å². The van der Waals surface area contributed by atoms with E-state index >= 15 is 0 Å². The Bertz CT molecular complexity index is 277. The maximum atomic E-state index is 3.84. The molecule has 0 aromatic heterocycles. The van der Waals surface area contributed by atoms with Gasteiger partial charge in [0, 0.05) is 31.2 Å². The fourth-order valence-corrected chi connectivity index (χ4v) is 4.72. The van der Waals surface area contributed by atoms with Crippen LogP contribution >= 0.6 is 0 Å². The molecule has 1 heterocycles. The summed E-state index contributed by atoms with van der Waals surface area (Å²) in [5.74, 6) is 1.01. The molecular weight excluding hydrogens is 232 g/mol. The van der Waals surface area contributed by atoms with Crippen LogP contribution in [0.3, 0.4) is 0 Å². The first kappa shape index (κ1) is 13.9. The van der Waals surface area contributed by atoms with Crippen molar-refractivity contribution in [1.82, 2.24) is 10.2 Å². The van der Waals surface area contributed by atoms with E-state index in [-0.39, 0.29) is 0 Å². The van der Waals surface area contributed by atoms with Crippen LogP contribution in [-0.2, 0) is 0 Å². The van der Waals surface area contributed by atoms with Crippen LogP contribution in [0, 0.1) is 5.92 Å². The third-order valence-corrected chi connectivity index (χ3v) is 6.06. The zero-order valence-electron chi connectivity index (χ0n) is 12.8. The van der Waals surface area contributed by atoms with Gasteiger partial charge >= 0.3 is 0 Å². The predicted octanol–water partition coefficient (Wildman–Crippen LogP) is 3.56. The normalized spacial score (nSPS) is 33.0. The smallest absolute Gasteiger partial charge is 0.0334 e. The van der Waals surface area contributed by atoms with Crippen LogP contribution in [-0.4, -0.2) is 36.1 Å². The number of hydrogen-bond donors (Lipinski definition) is 1. The minimum absolute atomic E-state index is 0.534. The topological polar surface area (TPSA) is 15.3 Å². The van der Waals surface area contributed by atoms with E-state index in [4.69, 9.17) is 0 Å². The molecular formula is C17H32N2. The van der Waals surface area contributed by atoms with Crippen molar-refractivity contribution in [3.05, 3.63) is 0 Å². The van der Waals surface area contributed by atoms with Crippen molar-refractivity contribution in [2.45, 2.75) is 82.7 Å². The van der Waals surface area contributed by atoms with Gasteiger partial charge in [-0.15, -0.1) is 0 Å². The van der Waals surface area contributed by atoms with Crippen molar-refractivity contribution in [3.63, 3.8) is 0 Å². The second kappa shape index (κ2) is 6.13. The monoisotopic (exact) mass is 264 g/mol. The van der Waals surface area contributed by atoms with Crippen LogP contribution in [0.2, 0.25) is 0 Å². The highest BCUT2D eigenvalue weighted by Crippen LogP contribution is 2.37. The molecule has 0 radical (unpaired) electrons. The lowest BCUT2D eigenvalue weighted by Crippen LogP contribution is -2.65. The van der Waals surface area contributed by atoms with Crippen molar-refractivity contribution < 1.29 is 0 Å². The fraction of sp³-hybridized carbons (Fsp3) is 1.00. The molecule has 2 saturated carbocycles. The minimum atomic E-state index is 0.534. The van der Waals surface area contributed by atoms with E-state index in [1.54, 1.807) is 0 Å². The summed E-state index contributed by atoms with van der Waals surface area (Å²) in [7, 11) is 0. The number of nitrogens with one attached hydrogen (secondary N) is 1. The summed E-state index contributed by atoms with van der Waals surface area (Å²) < 4.78 is 0. The molecule has 0 amide bonds. The van der Waals surface area contributed by atoms with Crippen LogP contribution in [0.5, 0.6) is 0 Å². The Morgan fingerprint density at radius 1 is 1.05 bits per heavy atom. The molecule has 1 N–H and O–H groups in total. The van der Waals surface area contributed by atoms with Gasteiger partial charge in [-0.25, -0.2) is 0 Å². The van der Waals surface area contributed by atoms with Crippen molar-refractivity contribution in [3.8, 4) is 0 Å². The first-order chi connectivity index (χ1) is 9.32. The van der Waals surface area contributed by atoms with E-state index in [0.717, 1.165) is 12.0 Å². The van der Waals surface area contributed by atoms with Gasteiger partial charge < -0.3 is 5.32 Å². The third-order valence-electron chi connectivity index (χ3n) is 6.06. The predicted molar refractivity (Wildman–Crippen MR) is 81.4 cm³/mol. The van der Waals surface area contributed by atoms with E-state index in [1.165, 1.54) is 83.8 Å². The lowest BCUT2D eigenvalue weighted by molar-refractivity contribution is -0.00128. The molecule has 2 heteroatoms. The zero-order valence-corrected chi connectivity index (χ0v) is 12.8. The molecule has 1 saturated heterocycles. The number of piperazine rings is 1. The lowest BCUT2D eigenvalue weighted by atomic mass is 9.77. The Morgan fingerprint density at radius 2 is 1.79 bits per heavy atom. The summed E-state index contributed by atoms with van der Waals surface area (Å²) in [6, 6.07) is 0.744. The highest BCUT2D eigenvalue weighted by molar-refractivity contribution is 5.01. The van der Waals surface area contributed by atoms with Gasteiger partial charge in [0.05, 0.1) is 0 Å². The van der Waals surface area contributed by atoms with E-state index in [1.807, 2.05) is 0 Å². The molecule has 3 fully saturated rings. The molecule has 3 aliphatic rings. The third kappa shape index (κ3) is 3.00. The van der Waals surface area contributed by atoms with Gasteiger partial charge in [0.25, 0.3) is 0 Å². The molecule has 2 nitrogen and oxygen atoms in total. The average Bonchev–Trinajstić information content (AvgIpc) is 2.95. The van der Waals surface area contributed by atoms with Gasteiger partial charge in [0.2, 0.25) is 0 Å². The molecule has 1 unspecified atom stereocenters. The van der Waals surface area contributed by atoms with Crippen LogP contribution in [0.25, 0.3) is 0 Å². The summed E-state index contributed by atoms with van der Waals surface area (Å²) in [5.41, 5.74) is 0.534. The van der Waals surface area contributed by atoms with Gasteiger partial charge in [-0.05, 0) is 38.0 Å². The Hall–Kier alpha value is -0.0800. The largest absolute Gasteiger partial charge is 0.311 e. The maximum Gasteiger partial charge on any atom is 0.0334 e. The van der Waals surface area contributed by atoms with Crippen molar-refractivity contribution in [1.29, 1.82) is 0 Å². The van der Waals surface area contributed by atoms with E-state index in [0.29, 0.717) is 5.54 Å². The van der Waals surface area contributed by atoms with Crippen LogP contribution < -0.4 is 5.32 Å². The molecule has 0 aromatic carbocycles. The first-order valence-electron chi connectivity index (χ1n) is 8.81. The van der Waals surface area contributed by atoms with Gasteiger partial charge in [-0.1, -0.05) is 39.0 Å². The maximum absolute atomic E-state index is 3.84.